The molecule has 0 spiro atoms. The Morgan fingerprint density at radius 2 is 2.30 bits per heavy atom. The van der Waals surface area contributed by atoms with E-state index in [4.69, 9.17) is 5.21 Å². The standard InChI is InChI=1S/C5H9NO4/c1-4(5(8)10-2)6(9)3-7/h3-4,9H,1-2H3/t4-/m1/s1. The van der Waals surface area contributed by atoms with Crippen molar-refractivity contribution in [2.45, 2.75) is 13.0 Å². The van der Waals surface area contributed by atoms with Gasteiger partial charge in [0.1, 0.15) is 0 Å². The largest absolute Gasteiger partial charge is 0.467 e. The van der Waals surface area contributed by atoms with Crippen LogP contribution in [0.5, 0.6) is 0 Å². The van der Waals surface area contributed by atoms with Crippen LogP contribution in [0.2, 0.25) is 0 Å². The van der Waals surface area contributed by atoms with Crippen LogP contribution in [0.15, 0.2) is 0 Å². The van der Waals surface area contributed by atoms with E-state index in [9.17, 15) is 9.59 Å². The summed E-state index contributed by atoms with van der Waals surface area (Å²) in [6.07, 6.45) is 0.140. The topological polar surface area (TPSA) is 66.8 Å². The minimum Gasteiger partial charge on any atom is -0.467 e. The number of carbonyl (C=O) groups excluding carboxylic acids is 2. The van der Waals surface area contributed by atoms with E-state index in [0.29, 0.717) is 0 Å². The van der Waals surface area contributed by atoms with Crippen LogP contribution >= 0.6 is 0 Å². The number of hydrogen-bond acceptors (Lipinski definition) is 4. The second-order valence-electron chi connectivity index (χ2n) is 1.68. The van der Waals surface area contributed by atoms with Gasteiger partial charge in [0.25, 0.3) is 0 Å². The van der Waals surface area contributed by atoms with Crippen LogP contribution < -0.4 is 0 Å². The zero-order valence-electron chi connectivity index (χ0n) is 5.77. The van der Waals surface area contributed by atoms with Crippen molar-refractivity contribution in [2.24, 2.45) is 0 Å². The Morgan fingerprint density at radius 1 is 1.80 bits per heavy atom. The monoisotopic (exact) mass is 147 g/mol. The molecule has 0 rings (SSSR count). The molecule has 5 heteroatoms. The molecule has 0 saturated heterocycles. The van der Waals surface area contributed by atoms with Crippen LogP contribution in [-0.2, 0) is 14.3 Å². The van der Waals surface area contributed by atoms with Crippen molar-refractivity contribution in [1.29, 1.82) is 0 Å². The van der Waals surface area contributed by atoms with Gasteiger partial charge in [-0.2, -0.15) is 0 Å². The van der Waals surface area contributed by atoms with Gasteiger partial charge in [-0.3, -0.25) is 10.0 Å². The van der Waals surface area contributed by atoms with Crippen molar-refractivity contribution in [3.05, 3.63) is 0 Å². The lowest BCUT2D eigenvalue weighted by Crippen LogP contribution is -2.36. The number of hydroxylamine groups is 2. The molecule has 10 heavy (non-hydrogen) atoms. The van der Waals surface area contributed by atoms with E-state index < -0.39 is 12.0 Å². The summed E-state index contributed by atoms with van der Waals surface area (Å²) < 4.78 is 4.24. The maximum absolute atomic E-state index is 10.5. The highest BCUT2D eigenvalue weighted by atomic mass is 16.5. The molecule has 58 valence electrons. The summed E-state index contributed by atoms with van der Waals surface area (Å²) in [5, 5.41) is 8.83. The second-order valence-corrected chi connectivity index (χ2v) is 1.68. The fraction of sp³-hybridized carbons (Fsp3) is 0.600. The van der Waals surface area contributed by atoms with Gasteiger partial charge in [0.2, 0.25) is 6.41 Å². The maximum atomic E-state index is 10.5. The predicted octanol–water partition coefficient (Wildman–Crippen LogP) is -0.605. The average molecular weight is 147 g/mol. The third kappa shape index (κ3) is 2.02. The van der Waals surface area contributed by atoms with E-state index in [1.807, 2.05) is 0 Å². The molecule has 1 amide bonds. The van der Waals surface area contributed by atoms with Crippen LogP contribution in [0.3, 0.4) is 0 Å². The van der Waals surface area contributed by atoms with Crippen LogP contribution in [0.25, 0.3) is 0 Å². The Labute approximate surface area is 58.1 Å². The van der Waals surface area contributed by atoms with Gasteiger partial charge >= 0.3 is 5.97 Å². The van der Waals surface area contributed by atoms with Crippen molar-refractivity contribution >= 4 is 12.4 Å². The first-order valence-corrected chi connectivity index (χ1v) is 2.63. The first kappa shape index (κ1) is 8.90. The zero-order valence-corrected chi connectivity index (χ0v) is 5.77. The van der Waals surface area contributed by atoms with E-state index >= 15 is 0 Å². The first-order chi connectivity index (χ1) is 4.63. The number of carbonyl (C=O) groups is 2. The molecule has 5 nitrogen and oxygen atoms in total. The molecule has 0 aromatic rings. The van der Waals surface area contributed by atoms with Gasteiger partial charge in [0, 0.05) is 0 Å². The summed E-state index contributed by atoms with van der Waals surface area (Å²) in [6.45, 7) is 1.35. The average Bonchev–Trinajstić information content (AvgIpc) is 2.00. The highest BCUT2D eigenvalue weighted by Crippen LogP contribution is 1.92. The minimum atomic E-state index is -0.942. The smallest absolute Gasteiger partial charge is 0.330 e. The van der Waals surface area contributed by atoms with Gasteiger partial charge in [-0.1, -0.05) is 0 Å². The van der Waals surface area contributed by atoms with Crippen LogP contribution in [0, 0.1) is 0 Å². The Balaban J connectivity index is 3.93. The number of ether oxygens (including phenoxy) is 1. The van der Waals surface area contributed by atoms with Gasteiger partial charge in [0.05, 0.1) is 7.11 Å². The third-order valence-electron chi connectivity index (χ3n) is 1.05. The lowest BCUT2D eigenvalue weighted by Gasteiger charge is -2.14. The summed E-state index contributed by atoms with van der Waals surface area (Å²) >= 11 is 0. The number of esters is 1. The Kier molecular flexibility index (Phi) is 3.42. The molecule has 0 bridgehead atoms. The quantitative estimate of drug-likeness (QED) is 0.250. The SMILES string of the molecule is COC(=O)[C@@H](C)N(O)C=O. The van der Waals surface area contributed by atoms with Gasteiger partial charge in [-0.15, -0.1) is 0 Å². The van der Waals surface area contributed by atoms with Crippen LogP contribution in [-0.4, -0.2) is 35.8 Å². The fourth-order valence-electron chi connectivity index (χ4n) is 0.370. The Morgan fingerprint density at radius 3 is 2.60 bits per heavy atom. The van der Waals surface area contributed by atoms with Crippen LogP contribution in [0.4, 0.5) is 0 Å². The van der Waals surface area contributed by atoms with Crippen molar-refractivity contribution in [3.63, 3.8) is 0 Å². The van der Waals surface area contributed by atoms with E-state index in [2.05, 4.69) is 4.74 Å². The van der Waals surface area contributed by atoms with E-state index in [1.165, 1.54) is 14.0 Å². The molecule has 0 aliphatic rings. The summed E-state index contributed by atoms with van der Waals surface area (Å²) in [5.41, 5.74) is 0. The van der Waals surface area contributed by atoms with Crippen molar-refractivity contribution in [1.82, 2.24) is 5.06 Å². The number of amides is 1. The Bertz CT molecular complexity index is 136. The molecule has 0 aromatic carbocycles. The minimum absolute atomic E-state index is 0.140. The van der Waals surface area contributed by atoms with Gasteiger partial charge in [0.15, 0.2) is 6.04 Å². The van der Waals surface area contributed by atoms with E-state index in [-0.39, 0.29) is 11.5 Å². The van der Waals surface area contributed by atoms with Crippen LogP contribution in [0.1, 0.15) is 6.92 Å². The third-order valence-corrected chi connectivity index (χ3v) is 1.05. The van der Waals surface area contributed by atoms with Gasteiger partial charge < -0.3 is 4.74 Å². The molecule has 0 fully saturated rings. The zero-order chi connectivity index (χ0) is 8.15. The highest BCUT2D eigenvalue weighted by molar-refractivity contribution is 5.77. The molecule has 0 aliphatic carbocycles. The maximum Gasteiger partial charge on any atom is 0.330 e. The second kappa shape index (κ2) is 3.84. The molecule has 0 aromatic heterocycles. The molecule has 1 atom stereocenters. The summed E-state index contributed by atoms with van der Waals surface area (Å²) in [6, 6.07) is -0.942. The molecule has 0 saturated carbocycles. The molecular formula is C5H9NO4. The van der Waals surface area contributed by atoms with Gasteiger partial charge in [-0.25, -0.2) is 9.86 Å². The summed E-state index contributed by atoms with van der Waals surface area (Å²) in [5.74, 6) is -0.658. The van der Waals surface area contributed by atoms with E-state index in [0.717, 1.165) is 0 Å². The van der Waals surface area contributed by atoms with Crippen molar-refractivity contribution in [3.8, 4) is 0 Å². The molecule has 0 radical (unpaired) electrons. The predicted molar refractivity (Wildman–Crippen MR) is 31.2 cm³/mol. The molecule has 0 heterocycles. The lowest BCUT2D eigenvalue weighted by atomic mass is 10.3. The van der Waals surface area contributed by atoms with Crippen molar-refractivity contribution < 1.29 is 19.5 Å². The fourth-order valence-corrected chi connectivity index (χ4v) is 0.370. The molecule has 1 N–H and O–H groups in total. The number of nitrogens with zero attached hydrogens (tertiary/aromatic N) is 1. The number of methoxy groups -OCH3 is 1. The molecule has 0 aliphatic heterocycles. The van der Waals surface area contributed by atoms with Crippen molar-refractivity contribution in [2.75, 3.05) is 7.11 Å². The molecule has 0 unspecified atom stereocenters. The molecular weight excluding hydrogens is 138 g/mol. The summed E-state index contributed by atoms with van der Waals surface area (Å²) in [4.78, 5) is 20.4. The Hall–Kier alpha value is -1.10. The summed E-state index contributed by atoms with van der Waals surface area (Å²) in [7, 11) is 1.18. The highest BCUT2D eigenvalue weighted by Gasteiger charge is 2.18. The van der Waals surface area contributed by atoms with Gasteiger partial charge in [-0.05, 0) is 6.92 Å². The lowest BCUT2D eigenvalue weighted by molar-refractivity contribution is -0.175. The normalized spacial score (nSPS) is 11.9. The number of rotatable bonds is 3. The van der Waals surface area contributed by atoms with E-state index in [1.54, 1.807) is 0 Å². The number of hydrogen-bond donors (Lipinski definition) is 1. The first-order valence-electron chi connectivity index (χ1n) is 2.63.